The molecule has 0 bridgehead atoms. The molecule has 1 N–H and O–H groups in total. The second-order valence-corrected chi connectivity index (χ2v) is 6.75. The van der Waals surface area contributed by atoms with Crippen molar-refractivity contribution in [1.82, 2.24) is 5.32 Å². The predicted molar refractivity (Wildman–Crippen MR) is 106 cm³/mol. The lowest BCUT2D eigenvalue weighted by Crippen LogP contribution is -2.28. The standard InChI is InChI=1S/C20H17Cl2NO4/c1-2-12-7-20(25)27-18-9-15(5-6-16(12)18)26-11-19(24)23-10-13-3-4-14(21)8-17(13)22/h3-9H,2,10-11H2,1H3,(H,23,24). The van der Waals surface area contributed by atoms with Gasteiger partial charge in [0.15, 0.2) is 6.61 Å². The molecule has 1 amide bonds. The number of benzene rings is 2. The summed E-state index contributed by atoms with van der Waals surface area (Å²) in [4.78, 5) is 23.6. The minimum absolute atomic E-state index is 0.172. The van der Waals surface area contributed by atoms with E-state index in [4.69, 9.17) is 32.4 Å². The normalized spacial score (nSPS) is 10.8. The first-order chi connectivity index (χ1) is 13.0. The molecule has 0 aliphatic heterocycles. The van der Waals surface area contributed by atoms with Crippen molar-refractivity contribution in [3.05, 3.63) is 74.1 Å². The molecule has 0 radical (unpaired) electrons. The molecule has 3 aromatic rings. The van der Waals surface area contributed by atoms with Gasteiger partial charge in [-0.2, -0.15) is 0 Å². The van der Waals surface area contributed by atoms with Gasteiger partial charge in [-0.1, -0.05) is 36.2 Å². The molecule has 5 nitrogen and oxygen atoms in total. The van der Waals surface area contributed by atoms with E-state index in [1.807, 2.05) is 13.0 Å². The maximum Gasteiger partial charge on any atom is 0.336 e. The molecule has 3 rings (SSSR count). The van der Waals surface area contributed by atoms with Crippen LogP contribution >= 0.6 is 23.2 Å². The van der Waals surface area contributed by atoms with Gasteiger partial charge in [0.2, 0.25) is 0 Å². The average Bonchev–Trinajstić information content (AvgIpc) is 2.64. The van der Waals surface area contributed by atoms with Gasteiger partial charge in [-0.05, 0) is 41.8 Å². The van der Waals surface area contributed by atoms with Crippen molar-refractivity contribution in [2.45, 2.75) is 19.9 Å². The fraction of sp³-hybridized carbons (Fsp3) is 0.200. The fourth-order valence-corrected chi connectivity index (χ4v) is 3.13. The van der Waals surface area contributed by atoms with Crippen LogP contribution in [0, 0.1) is 0 Å². The summed E-state index contributed by atoms with van der Waals surface area (Å²) >= 11 is 11.9. The summed E-state index contributed by atoms with van der Waals surface area (Å²) < 4.78 is 10.7. The summed E-state index contributed by atoms with van der Waals surface area (Å²) in [6.45, 7) is 2.06. The first kappa shape index (κ1) is 19.3. The number of amides is 1. The zero-order valence-electron chi connectivity index (χ0n) is 14.6. The largest absolute Gasteiger partial charge is 0.484 e. The molecule has 0 spiro atoms. The van der Waals surface area contributed by atoms with Crippen LogP contribution in [-0.2, 0) is 17.8 Å². The maximum absolute atomic E-state index is 12.0. The lowest BCUT2D eigenvalue weighted by molar-refractivity contribution is -0.123. The molecule has 0 atom stereocenters. The second-order valence-electron chi connectivity index (χ2n) is 5.90. The average molecular weight is 406 g/mol. The number of ether oxygens (including phenoxy) is 1. The second kappa shape index (κ2) is 8.46. The number of fused-ring (bicyclic) bond motifs is 1. The van der Waals surface area contributed by atoms with Crippen LogP contribution in [0.15, 0.2) is 51.7 Å². The van der Waals surface area contributed by atoms with Crippen molar-refractivity contribution in [3.8, 4) is 5.75 Å². The highest BCUT2D eigenvalue weighted by atomic mass is 35.5. The fourth-order valence-electron chi connectivity index (χ4n) is 2.65. The summed E-state index contributed by atoms with van der Waals surface area (Å²) in [6.07, 6.45) is 0.720. The van der Waals surface area contributed by atoms with Crippen LogP contribution in [0.1, 0.15) is 18.1 Å². The van der Waals surface area contributed by atoms with Crippen LogP contribution in [0.3, 0.4) is 0 Å². The summed E-state index contributed by atoms with van der Waals surface area (Å²) in [5.41, 5.74) is 1.69. The molecule has 0 aliphatic carbocycles. The van der Waals surface area contributed by atoms with Crippen molar-refractivity contribution in [2.24, 2.45) is 0 Å². The van der Waals surface area contributed by atoms with Crippen LogP contribution in [0.4, 0.5) is 0 Å². The van der Waals surface area contributed by atoms with E-state index in [0.717, 1.165) is 22.9 Å². The van der Waals surface area contributed by atoms with Crippen molar-refractivity contribution in [3.63, 3.8) is 0 Å². The van der Waals surface area contributed by atoms with Crippen LogP contribution in [0.25, 0.3) is 11.0 Å². The van der Waals surface area contributed by atoms with Crippen molar-refractivity contribution < 1.29 is 13.9 Å². The van der Waals surface area contributed by atoms with Crippen LogP contribution in [0.2, 0.25) is 10.0 Å². The highest BCUT2D eigenvalue weighted by Gasteiger charge is 2.08. The quantitative estimate of drug-likeness (QED) is 0.618. The molecule has 0 saturated heterocycles. The van der Waals surface area contributed by atoms with Crippen molar-refractivity contribution in [1.29, 1.82) is 0 Å². The number of hydrogen-bond acceptors (Lipinski definition) is 4. The molecule has 140 valence electrons. The number of rotatable bonds is 6. The molecule has 0 unspecified atom stereocenters. The van der Waals surface area contributed by atoms with Gasteiger partial charge in [-0.3, -0.25) is 4.79 Å². The van der Waals surface area contributed by atoms with Gasteiger partial charge in [-0.25, -0.2) is 4.79 Å². The molecule has 0 saturated carbocycles. The zero-order valence-corrected chi connectivity index (χ0v) is 16.1. The van der Waals surface area contributed by atoms with E-state index in [-0.39, 0.29) is 19.1 Å². The molecule has 2 aromatic carbocycles. The smallest absolute Gasteiger partial charge is 0.336 e. The minimum Gasteiger partial charge on any atom is -0.484 e. The van der Waals surface area contributed by atoms with Crippen LogP contribution < -0.4 is 15.7 Å². The SMILES string of the molecule is CCc1cc(=O)oc2cc(OCC(=O)NCc3ccc(Cl)cc3Cl)ccc12. The molecule has 27 heavy (non-hydrogen) atoms. The Balaban J connectivity index is 1.62. The van der Waals surface area contributed by atoms with E-state index in [1.54, 1.807) is 30.3 Å². The minimum atomic E-state index is -0.408. The number of hydrogen-bond donors (Lipinski definition) is 1. The molecule has 1 heterocycles. The van der Waals surface area contributed by atoms with Gasteiger partial charge in [0.25, 0.3) is 5.91 Å². The first-order valence-electron chi connectivity index (χ1n) is 8.36. The predicted octanol–water partition coefficient (Wildman–Crippen LogP) is 4.36. The third-order valence-electron chi connectivity index (χ3n) is 4.04. The lowest BCUT2D eigenvalue weighted by Gasteiger charge is -2.10. The third-order valence-corrected chi connectivity index (χ3v) is 4.63. The Hall–Kier alpha value is -2.50. The van der Waals surface area contributed by atoms with Gasteiger partial charge < -0.3 is 14.5 Å². The number of carbonyl (C=O) groups is 1. The van der Waals surface area contributed by atoms with E-state index in [1.165, 1.54) is 6.07 Å². The van der Waals surface area contributed by atoms with Gasteiger partial charge >= 0.3 is 5.63 Å². The Kier molecular flexibility index (Phi) is 6.04. The molecule has 1 aromatic heterocycles. The summed E-state index contributed by atoms with van der Waals surface area (Å²) in [5, 5.41) is 4.60. The van der Waals surface area contributed by atoms with Gasteiger partial charge in [0, 0.05) is 34.1 Å². The third kappa shape index (κ3) is 4.81. The molecule has 7 heteroatoms. The van der Waals surface area contributed by atoms with Gasteiger partial charge in [0.05, 0.1) is 0 Å². The molecular formula is C20H17Cl2NO4. The van der Waals surface area contributed by atoms with Gasteiger partial charge in [-0.15, -0.1) is 0 Å². The van der Waals surface area contributed by atoms with Gasteiger partial charge in [0.1, 0.15) is 11.3 Å². The Labute approximate surface area is 165 Å². The van der Waals surface area contributed by atoms with E-state index in [0.29, 0.717) is 21.4 Å². The molecule has 0 aliphatic rings. The Morgan fingerprint density at radius 2 is 1.93 bits per heavy atom. The Morgan fingerprint density at radius 1 is 1.11 bits per heavy atom. The highest BCUT2D eigenvalue weighted by Crippen LogP contribution is 2.23. The van der Waals surface area contributed by atoms with Crippen molar-refractivity contribution >= 4 is 40.1 Å². The Bertz CT molecular complexity index is 1050. The zero-order chi connectivity index (χ0) is 19.4. The maximum atomic E-state index is 12.0. The van der Waals surface area contributed by atoms with E-state index in [9.17, 15) is 9.59 Å². The van der Waals surface area contributed by atoms with E-state index >= 15 is 0 Å². The first-order valence-corrected chi connectivity index (χ1v) is 9.12. The summed E-state index contributed by atoms with van der Waals surface area (Å²) in [6, 6.07) is 11.7. The number of aryl methyl sites for hydroxylation is 1. The monoisotopic (exact) mass is 405 g/mol. The number of halogens is 2. The van der Waals surface area contributed by atoms with Crippen LogP contribution in [-0.4, -0.2) is 12.5 Å². The topological polar surface area (TPSA) is 68.5 Å². The lowest BCUT2D eigenvalue weighted by atomic mass is 10.1. The van der Waals surface area contributed by atoms with E-state index < -0.39 is 5.63 Å². The molecule has 0 fully saturated rings. The summed E-state index contributed by atoms with van der Waals surface area (Å²) in [7, 11) is 0. The molecular weight excluding hydrogens is 389 g/mol. The number of nitrogens with one attached hydrogen (secondary N) is 1. The highest BCUT2D eigenvalue weighted by molar-refractivity contribution is 6.35. The van der Waals surface area contributed by atoms with E-state index in [2.05, 4.69) is 5.32 Å². The summed E-state index contributed by atoms with van der Waals surface area (Å²) in [5.74, 6) is 0.142. The van der Waals surface area contributed by atoms with Crippen molar-refractivity contribution in [2.75, 3.05) is 6.61 Å². The number of carbonyl (C=O) groups excluding carboxylic acids is 1. The van der Waals surface area contributed by atoms with Crippen LogP contribution in [0.5, 0.6) is 5.75 Å². The Morgan fingerprint density at radius 3 is 2.67 bits per heavy atom.